The molecule has 2 rings (SSSR count). The van der Waals surface area contributed by atoms with Crippen LogP contribution in [0.15, 0.2) is 24.3 Å². The summed E-state index contributed by atoms with van der Waals surface area (Å²) in [4.78, 5) is 22.9. The number of nitrogens with one attached hydrogen (secondary N) is 2. The van der Waals surface area contributed by atoms with E-state index in [1.807, 2.05) is 19.1 Å². The zero-order chi connectivity index (χ0) is 13.0. The molecule has 0 spiro atoms. The molecule has 4 nitrogen and oxygen atoms in total. The van der Waals surface area contributed by atoms with E-state index in [1.165, 1.54) is 0 Å². The lowest BCUT2D eigenvalue weighted by molar-refractivity contribution is -0.119. The molecule has 1 saturated carbocycles. The van der Waals surface area contributed by atoms with Gasteiger partial charge in [0.25, 0.3) is 0 Å². The number of hydrogen-bond donors (Lipinski definition) is 2. The highest BCUT2D eigenvalue weighted by Crippen LogP contribution is 2.18. The molecular weight excluding hydrogens is 228 g/mol. The highest BCUT2D eigenvalue weighted by atomic mass is 16.2. The highest BCUT2D eigenvalue weighted by molar-refractivity contribution is 5.96. The smallest absolute Gasteiger partial charge is 0.239 e. The third-order valence-electron chi connectivity index (χ3n) is 2.92. The summed E-state index contributed by atoms with van der Waals surface area (Å²) in [5.41, 5.74) is 1.57. The van der Waals surface area contributed by atoms with Gasteiger partial charge in [-0.25, -0.2) is 0 Å². The van der Waals surface area contributed by atoms with Crippen LogP contribution in [0.1, 0.15) is 36.5 Å². The number of ketones is 1. The number of anilines is 1. The number of Topliss-reactive ketones (excluding diaryl/α,β-unsaturated/α-hetero) is 1. The predicted molar refractivity (Wildman–Crippen MR) is 70.7 cm³/mol. The van der Waals surface area contributed by atoms with Crippen molar-refractivity contribution in [2.24, 2.45) is 0 Å². The summed E-state index contributed by atoms with van der Waals surface area (Å²) in [5, 5.41) is 5.95. The lowest BCUT2D eigenvalue weighted by Gasteiger charge is -2.07. The lowest BCUT2D eigenvalue weighted by atomic mass is 10.1. The van der Waals surface area contributed by atoms with Crippen molar-refractivity contribution in [1.29, 1.82) is 0 Å². The van der Waals surface area contributed by atoms with E-state index in [2.05, 4.69) is 10.6 Å². The average Bonchev–Trinajstić information content (AvgIpc) is 3.20. The summed E-state index contributed by atoms with van der Waals surface area (Å²) in [7, 11) is 0. The van der Waals surface area contributed by atoms with Gasteiger partial charge >= 0.3 is 0 Å². The molecule has 4 heteroatoms. The molecule has 0 radical (unpaired) electrons. The van der Waals surface area contributed by atoms with Crippen molar-refractivity contribution in [1.82, 2.24) is 5.32 Å². The minimum atomic E-state index is 0.0196. The molecule has 1 aromatic carbocycles. The molecule has 1 aromatic rings. The molecular formula is C14H18N2O2. The number of carbonyl (C=O) groups excluding carboxylic acids is 2. The van der Waals surface area contributed by atoms with Crippen LogP contribution in [0.4, 0.5) is 5.69 Å². The Hall–Kier alpha value is -1.84. The Morgan fingerprint density at radius 3 is 2.44 bits per heavy atom. The van der Waals surface area contributed by atoms with Gasteiger partial charge in [-0.2, -0.15) is 0 Å². The summed E-state index contributed by atoms with van der Waals surface area (Å²) in [5.74, 6) is 0.152. The molecule has 1 fully saturated rings. The van der Waals surface area contributed by atoms with Crippen LogP contribution in [0.3, 0.4) is 0 Å². The van der Waals surface area contributed by atoms with Crippen LogP contribution >= 0.6 is 0 Å². The van der Waals surface area contributed by atoms with E-state index in [-0.39, 0.29) is 18.2 Å². The molecule has 0 unspecified atom stereocenters. The van der Waals surface area contributed by atoms with Gasteiger partial charge in [-0.15, -0.1) is 0 Å². The molecule has 1 amide bonds. The molecule has 18 heavy (non-hydrogen) atoms. The third-order valence-corrected chi connectivity index (χ3v) is 2.92. The molecule has 1 aliphatic carbocycles. The normalized spacial score (nSPS) is 14.1. The Bertz CT molecular complexity index is 436. The van der Waals surface area contributed by atoms with Gasteiger partial charge in [-0.05, 0) is 37.1 Å². The quantitative estimate of drug-likeness (QED) is 0.754. The van der Waals surface area contributed by atoms with Crippen LogP contribution in [0.5, 0.6) is 0 Å². The molecule has 2 N–H and O–H groups in total. The standard InChI is InChI=1S/C14H18N2O2/c1-2-13(17)10-3-5-11(6-4-10)15-9-14(18)16-12-7-8-12/h3-6,12,15H,2,7-9H2,1H3,(H,16,18). The molecule has 1 aliphatic rings. The van der Waals surface area contributed by atoms with Crippen molar-refractivity contribution in [2.45, 2.75) is 32.2 Å². The Balaban J connectivity index is 1.81. The number of rotatable bonds is 6. The fourth-order valence-corrected chi connectivity index (χ4v) is 1.67. The average molecular weight is 246 g/mol. The largest absolute Gasteiger partial charge is 0.376 e. The van der Waals surface area contributed by atoms with Crippen molar-refractivity contribution in [3.8, 4) is 0 Å². The second-order valence-electron chi connectivity index (χ2n) is 4.55. The Morgan fingerprint density at radius 1 is 1.22 bits per heavy atom. The minimum absolute atomic E-state index is 0.0196. The summed E-state index contributed by atoms with van der Waals surface area (Å²) in [6.07, 6.45) is 2.70. The molecule has 0 heterocycles. The van der Waals surface area contributed by atoms with Crippen molar-refractivity contribution >= 4 is 17.4 Å². The van der Waals surface area contributed by atoms with E-state index in [0.717, 1.165) is 18.5 Å². The number of carbonyl (C=O) groups is 2. The van der Waals surface area contributed by atoms with Gasteiger partial charge in [0.05, 0.1) is 6.54 Å². The van der Waals surface area contributed by atoms with Crippen LogP contribution in [0.25, 0.3) is 0 Å². The van der Waals surface area contributed by atoms with Crippen molar-refractivity contribution in [2.75, 3.05) is 11.9 Å². The molecule has 0 saturated heterocycles. The van der Waals surface area contributed by atoms with Crippen molar-refractivity contribution < 1.29 is 9.59 Å². The third kappa shape index (κ3) is 3.58. The monoisotopic (exact) mass is 246 g/mol. The zero-order valence-electron chi connectivity index (χ0n) is 10.5. The van der Waals surface area contributed by atoms with E-state index in [4.69, 9.17) is 0 Å². The number of hydrogen-bond acceptors (Lipinski definition) is 3. The molecule has 96 valence electrons. The highest BCUT2D eigenvalue weighted by Gasteiger charge is 2.22. The van der Waals surface area contributed by atoms with Gasteiger partial charge in [-0.3, -0.25) is 9.59 Å². The van der Waals surface area contributed by atoms with Crippen LogP contribution in [0, 0.1) is 0 Å². The first-order chi connectivity index (χ1) is 8.69. The number of amides is 1. The fourth-order valence-electron chi connectivity index (χ4n) is 1.67. The molecule has 0 atom stereocenters. The first-order valence-corrected chi connectivity index (χ1v) is 6.35. The van der Waals surface area contributed by atoms with Crippen molar-refractivity contribution in [3.05, 3.63) is 29.8 Å². The summed E-state index contributed by atoms with van der Waals surface area (Å²) in [6, 6.07) is 7.62. The van der Waals surface area contributed by atoms with Crippen molar-refractivity contribution in [3.63, 3.8) is 0 Å². The maximum atomic E-state index is 11.5. The fraction of sp³-hybridized carbons (Fsp3) is 0.429. The summed E-state index contributed by atoms with van der Waals surface area (Å²) in [6.45, 7) is 2.12. The van der Waals surface area contributed by atoms with Gasteiger partial charge in [-0.1, -0.05) is 6.92 Å². The van der Waals surface area contributed by atoms with E-state index < -0.39 is 0 Å². The van der Waals surface area contributed by atoms with E-state index in [9.17, 15) is 9.59 Å². The maximum absolute atomic E-state index is 11.5. The summed E-state index contributed by atoms with van der Waals surface area (Å²) < 4.78 is 0. The molecule has 0 bridgehead atoms. The van der Waals surface area contributed by atoms with Gasteiger partial charge < -0.3 is 10.6 Å². The van der Waals surface area contributed by atoms with Gasteiger partial charge in [0.15, 0.2) is 5.78 Å². The lowest BCUT2D eigenvalue weighted by Crippen LogP contribution is -2.31. The second-order valence-corrected chi connectivity index (χ2v) is 4.55. The minimum Gasteiger partial charge on any atom is -0.376 e. The SMILES string of the molecule is CCC(=O)c1ccc(NCC(=O)NC2CC2)cc1. The van der Waals surface area contributed by atoms with E-state index in [1.54, 1.807) is 12.1 Å². The second kappa shape index (κ2) is 5.67. The van der Waals surface area contributed by atoms with Gasteiger partial charge in [0.1, 0.15) is 0 Å². The molecule has 0 aliphatic heterocycles. The van der Waals surface area contributed by atoms with Crippen LogP contribution in [0.2, 0.25) is 0 Å². The Kier molecular flexibility index (Phi) is 3.97. The van der Waals surface area contributed by atoms with Crippen LogP contribution in [-0.4, -0.2) is 24.3 Å². The number of benzene rings is 1. The maximum Gasteiger partial charge on any atom is 0.239 e. The zero-order valence-corrected chi connectivity index (χ0v) is 10.5. The van der Waals surface area contributed by atoms with Crippen LogP contribution < -0.4 is 10.6 Å². The predicted octanol–water partition coefficient (Wildman–Crippen LogP) is 1.97. The summed E-state index contributed by atoms with van der Waals surface area (Å²) >= 11 is 0. The first-order valence-electron chi connectivity index (χ1n) is 6.35. The first kappa shape index (κ1) is 12.6. The van der Waals surface area contributed by atoms with E-state index >= 15 is 0 Å². The van der Waals surface area contributed by atoms with Gasteiger partial charge in [0.2, 0.25) is 5.91 Å². The molecule has 0 aromatic heterocycles. The topological polar surface area (TPSA) is 58.2 Å². The van der Waals surface area contributed by atoms with Gasteiger partial charge in [0, 0.05) is 23.7 Å². The Labute approximate surface area is 107 Å². The Morgan fingerprint density at radius 2 is 1.89 bits per heavy atom. The van der Waals surface area contributed by atoms with Crippen LogP contribution in [-0.2, 0) is 4.79 Å². The van der Waals surface area contributed by atoms with E-state index in [0.29, 0.717) is 18.0 Å².